The molecule has 0 radical (unpaired) electrons. The van der Waals surface area contributed by atoms with E-state index in [-0.39, 0.29) is 12.5 Å². The van der Waals surface area contributed by atoms with Gasteiger partial charge in [0.2, 0.25) is 0 Å². The molecule has 0 aromatic rings. The summed E-state index contributed by atoms with van der Waals surface area (Å²) >= 11 is 1.68. The van der Waals surface area contributed by atoms with E-state index in [1.165, 1.54) is 0 Å². The van der Waals surface area contributed by atoms with Crippen molar-refractivity contribution in [3.05, 3.63) is 0 Å². The molecule has 1 aliphatic carbocycles. The molecule has 5 nitrogen and oxygen atoms in total. The zero-order valence-corrected chi connectivity index (χ0v) is 11.2. The number of hydrogen-bond acceptors (Lipinski definition) is 3. The lowest BCUT2D eigenvalue weighted by molar-refractivity contribution is -0.139. The highest BCUT2D eigenvalue weighted by molar-refractivity contribution is 7.98. The van der Waals surface area contributed by atoms with Crippen molar-refractivity contribution in [2.45, 2.75) is 31.2 Å². The summed E-state index contributed by atoms with van der Waals surface area (Å²) < 4.78 is 0. The molecular weight excluding hydrogens is 240 g/mol. The number of carboxylic acids is 1. The van der Waals surface area contributed by atoms with E-state index >= 15 is 0 Å². The summed E-state index contributed by atoms with van der Waals surface area (Å²) in [5.74, 6) is 0.0346. The highest BCUT2D eigenvalue weighted by Gasteiger charge is 2.40. The number of rotatable bonds is 6. The molecule has 98 valence electrons. The number of nitrogens with one attached hydrogen (secondary N) is 1. The molecule has 0 aromatic heterocycles. The molecule has 0 bridgehead atoms. The van der Waals surface area contributed by atoms with Crippen LogP contribution in [0, 0.1) is 0 Å². The van der Waals surface area contributed by atoms with Crippen LogP contribution in [0.2, 0.25) is 0 Å². The van der Waals surface area contributed by atoms with E-state index in [0.717, 1.165) is 25.0 Å². The summed E-state index contributed by atoms with van der Waals surface area (Å²) in [6, 6.07) is -0.167. The second-order valence-corrected chi connectivity index (χ2v) is 5.53. The smallest absolute Gasteiger partial charge is 0.317 e. The van der Waals surface area contributed by atoms with Crippen LogP contribution in [0.1, 0.15) is 25.7 Å². The Morgan fingerprint density at radius 2 is 2.12 bits per heavy atom. The minimum Gasteiger partial charge on any atom is -0.481 e. The van der Waals surface area contributed by atoms with Crippen LogP contribution in [0.4, 0.5) is 4.79 Å². The number of aliphatic carboxylic acids is 1. The van der Waals surface area contributed by atoms with Gasteiger partial charge in [0.15, 0.2) is 0 Å². The zero-order valence-electron chi connectivity index (χ0n) is 10.4. The summed E-state index contributed by atoms with van der Waals surface area (Å²) in [7, 11) is 1.73. The first-order chi connectivity index (χ1) is 7.99. The summed E-state index contributed by atoms with van der Waals surface area (Å²) in [5.41, 5.74) is -0.503. The van der Waals surface area contributed by atoms with E-state index in [1.807, 2.05) is 6.26 Å². The Bertz CT molecular complexity index is 292. The third-order valence-electron chi connectivity index (χ3n) is 3.15. The van der Waals surface area contributed by atoms with E-state index in [1.54, 1.807) is 23.7 Å². The molecule has 17 heavy (non-hydrogen) atoms. The minimum atomic E-state index is -0.850. The normalized spacial score (nSPS) is 17.1. The number of nitrogens with zero attached hydrogens (tertiary/aromatic N) is 1. The van der Waals surface area contributed by atoms with Gasteiger partial charge in [-0.2, -0.15) is 11.8 Å². The molecule has 1 saturated carbocycles. The summed E-state index contributed by atoms with van der Waals surface area (Å²) in [5, 5.41) is 11.7. The fraction of sp³-hybridized carbons (Fsp3) is 0.818. The van der Waals surface area contributed by atoms with Crippen molar-refractivity contribution in [1.29, 1.82) is 0 Å². The SMILES string of the molecule is CSCCN(C)C(=O)NC1(CC(=O)O)CCC1. The monoisotopic (exact) mass is 260 g/mol. The van der Waals surface area contributed by atoms with Crippen molar-refractivity contribution < 1.29 is 14.7 Å². The molecule has 0 atom stereocenters. The predicted octanol–water partition coefficient (Wildman–Crippen LogP) is 1.39. The molecule has 0 aliphatic heterocycles. The second kappa shape index (κ2) is 6.14. The maximum Gasteiger partial charge on any atom is 0.317 e. The number of carbonyl (C=O) groups excluding carboxylic acids is 1. The summed E-state index contributed by atoms with van der Waals surface area (Å²) in [6.07, 6.45) is 4.53. The summed E-state index contributed by atoms with van der Waals surface area (Å²) in [4.78, 5) is 24.2. The zero-order chi connectivity index (χ0) is 12.9. The van der Waals surface area contributed by atoms with Crippen molar-refractivity contribution in [2.24, 2.45) is 0 Å². The van der Waals surface area contributed by atoms with Crippen molar-refractivity contribution in [2.75, 3.05) is 25.6 Å². The molecule has 1 fully saturated rings. The fourth-order valence-electron chi connectivity index (χ4n) is 1.89. The minimum absolute atomic E-state index is 0.0229. The van der Waals surface area contributed by atoms with E-state index in [0.29, 0.717) is 6.54 Å². The van der Waals surface area contributed by atoms with Crippen molar-refractivity contribution in [3.8, 4) is 0 Å². The van der Waals surface area contributed by atoms with Crippen LogP contribution in [0.5, 0.6) is 0 Å². The first kappa shape index (κ1) is 14.2. The fourth-order valence-corrected chi connectivity index (χ4v) is 2.35. The Morgan fingerprint density at radius 1 is 1.47 bits per heavy atom. The Balaban J connectivity index is 2.45. The Kier molecular flexibility index (Phi) is 5.11. The number of hydrogen-bond donors (Lipinski definition) is 2. The van der Waals surface area contributed by atoms with Crippen LogP contribution in [-0.2, 0) is 4.79 Å². The quantitative estimate of drug-likeness (QED) is 0.757. The lowest BCUT2D eigenvalue weighted by atomic mass is 9.74. The maximum atomic E-state index is 11.9. The third kappa shape index (κ3) is 4.11. The Morgan fingerprint density at radius 3 is 2.53 bits per heavy atom. The lowest BCUT2D eigenvalue weighted by Crippen LogP contribution is -2.57. The van der Waals surface area contributed by atoms with Gasteiger partial charge in [0, 0.05) is 19.3 Å². The highest BCUT2D eigenvalue weighted by Crippen LogP contribution is 2.35. The number of carboxylic acid groups (broad SMARTS) is 1. The number of carbonyl (C=O) groups is 2. The van der Waals surface area contributed by atoms with E-state index in [2.05, 4.69) is 5.32 Å². The highest BCUT2D eigenvalue weighted by atomic mass is 32.2. The predicted molar refractivity (Wildman–Crippen MR) is 68.4 cm³/mol. The van der Waals surface area contributed by atoms with Gasteiger partial charge in [-0.1, -0.05) is 0 Å². The Hall–Kier alpha value is -0.910. The van der Waals surface area contributed by atoms with Gasteiger partial charge in [-0.3, -0.25) is 4.79 Å². The van der Waals surface area contributed by atoms with Crippen LogP contribution in [0.3, 0.4) is 0 Å². The van der Waals surface area contributed by atoms with Crippen LogP contribution < -0.4 is 5.32 Å². The summed E-state index contributed by atoms with van der Waals surface area (Å²) in [6.45, 7) is 0.677. The van der Waals surface area contributed by atoms with Gasteiger partial charge in [-0.15, -0.1) is 0 Å². The average molecular weight is 260 g/mol. The van der Waals surface area contributed by atoms with Crippen molar-refractivity contribution in [3.63, 3.8) is 0 Å². The van der Waals surface area contributed by atoms with Gasteiger partial charge < -0.3 is 15.3 Å². The standard InChI is InChI=1S/C11H20N2O3S/c1-13(6-7-17-2)10(16)12-11(4-3-5-11)8-9(14)15/h3-8H2,1-2H3,(H,12,16)(H,14,15). The second-order valence-electron chi connectivity index (χ2n) is 4.55. The van der Waals surface area contributed by atoms with E-state index in [4.69, 9.17) is 5.11 Å². The van der Waals surface area contributed by atoms with E-state index < -0.39 is 11.5 Å². The average Bonchev–Trinajstić information content (AvgIpc) is 2.21. The molecule has 0 saturated heterocycles. The molecule has 0 spiro atoms. The first-order valence-corrected chi connectivity index (χ1v) is 7.12. The maximum absolute atomic E-state index is 11.9. The van der Waals surface area contributed by atoms with Gasteiger partial charge >= 0.3 is 12.0 Å². The first-order valence-electron chi connectivity index (χ1n) is 5.73. The van der Waals surface area contributed by atoms with Gasteiger partial charge in [0.1, 0.15) is 0 Å². The third-order valence-corrected chi connectivity index (χ3v) is 3.74. The molecule has 2 N–H and O–H groups in total. The number of amides is 2. The molecule has 6 heteroatoms. The van der Waals surface area contributed by atoms with Gasteiger partial charge in [0.05, 0.1) is 12.0 Å². The molecule has 0 unspecified atom stereocenters. The molecule has 2 amide bonds. The van der Waals surface area contributed by atoms with Crippen LogP contribution >= 0.6 is 11.8 Å². The van der Waals surface area contributed by atoms with Gasteiger partial charge in [-0.25, -0.2) is 4.79 Å². The molecule has 1 aliphatic rings. The molecule has 0 aromatic carbocycles. The van der Waals surface area contributed by atoms with Crippen molar-refractivity contribution >= 4 is 23.8 Å². The number of thioether (sulfide) groups is 1. The van der Waals surface area contributed by atoms with Gasteiger partial charge in [-0.05, 0) is 25.5 Å². The van der Waals surface area contributed by atoms with Crippen molar-refractivity contribution in [1.82, 2.24) is 10.2 Å². The Labute approximate surface area is 106 Å². The molecule has 1 rings (SSSR count). The topological polar surface area (TPSA) is 69.6 Å². The molecular formula is C11H20N2O3S. The van der Waals surface area contributed by atoms with Crippen LogP contribution in [-0.4, -0.2) is 53.1 Å². The van der Waals surface area contributed by atoms with E-state index in [9.17, 15) is 9.59 Å². The largest absolute Gasteiger partial charge is 0.481 e. The number of urea groups is 1. The van der Waals surface area contributed by atoms with Crippen LogP contribution in [0.25, 0.3) is 0 Å². The lowest BCUT2D eigenvalue weighted by Gasteiger charge is -2.42. The molecule has 0 heterocycles. The van der Waals surface area contributed by atoms with Crippen LogP contribution in [0.15, 0.2) is 0 Å². The van der Waals surface area contributed by atoms with Gasteiger partial charge in [0.25, 0.3) is 0 Å².